The molecule has 0 spiro atoms. The highest BCUT2D eigenvalue weighted by molar-refractivity contribution is 5.93. The number of fused-ring (bicyclic) bond motifs is 1. The van der Waals surface area contributed by atoms with Gasteiger partial charge in [-0.25, -0.2) is 0 Å². The van der Waals surface area contributed by atoms with Crippen LogP contribution in [0.5, 0.6) is 5.75 Å². The summed E-state index contributed by atoms with van der Waals surface area (Å²) in [5.41, 5.74) is 3.52. The molecule has 0 aliphatic carbocycles. The van der Waals surface area contributed by atoms with Crippen molar-refractivity contribution in [3.63, 3.8) is 0 Å². The third-order valence-electron chi connectivity index (χ3n) is 6.04. The van der Waals surface area contributed by atoms with Gasteiger partial charge in [-0.3, -0.25) is 9.59 Å². The number of rotatable bonds is 8. The molecule has 2 heterocycles. The number of amides is 2. The molecule has 4 rings (SSSR count). The van der Waals surface area contributed by atoms with E-state index in [9.17, 15) is 9.59 Å². The van der Waals surface area contributed by atoms with Crippen LogP contribution in [0.2, 0.25) is 0 Å². The first-order chi connectivity index (χ1) is 16.4. The number of methoxy groups -OCH3 is 1. The van der Waals surface area contributed by atoms with Gasteiger partial charge in [-0.2, -0.15) is 0 Å². The van der Waals surface area contributed by atoms with Crippen LogP contribution in [0.25, 0.3) is 11.3 Å². The zero-order valence-corrected chi connectivity index (χ0v) is 20.0. The zero-order valence-electron chi connectivity index (χ0n) is 20.0. The first kappa shape index (κ1) is 23.5. The minimum absolute atomic E-state index is 0.0632. The maximum Gasteiger partial charge on any atom is 0.276 e. The Balaban J connectivity index is 1.42. The summed E-state index contributed by atoms with van der Waals surface area (Å²) in [6.07, 6.45) is 1.14. The van der Waals surface area contributed by atoms with Crippen molar-refractivity contribution in [3.8, 4) is 17.1 Å². The van der Waals surface area contributed by atoms with Gasteiger partial charge in [-0.05, 0) is 35.6 Å². The number of aromatic nitrogens is 1. The van der Waals surface area contributed by atoms with Crippen LogP contribution in [-0.2, 0) is 17.8 Å². The van der Waals surface area contributed by atoms with Crippen LogP contribution in [-0.4, -0.2) is 53.5 Å². The van der Waals surface area contributed by atoms with Gasteiger partial charge in [0.1, 0.15) is 5.75 Å². The normalized spacial score (nSPS) is 13.0. The lowest BCUT2D eigenvalue weighted by Crippen LogP contribution is -2.40. The second kappa shape index (κ2) is 10.5. The molecule has 0 bridgehead atoms. The van der Waals surface area contributed by atoms with E-state index >= 15 is 0 Å². The Morgan fingerprint density at radius 1 is 1.12 bits per heavy atom. The lowest BCUT2D eigenvalue weighted by Gasteiger charge is -2.30. The standard InChI is InChI=1S/C27H31N3O4/c1-19(2)17-30(14-12-26(31)29-13-11-20-7-4-5-8-22(20)18-29)27(32)24-16-25(34-28-24)21-9-6-10-23(15-21)33-3/h4-10,15-16,19H,11-14,17-18H2,1-3H3. The molecule has 0 saturated carbocycles. The molecule has 2 amide bonds. The first-order valence-corrected chi connectivity index (χ1v) is 11.7. The minimum atomic E-state index is -0.233. The monoisotopic (exact) mass is 461 g/mol. The molecule has 1 aromatic heterocycles. The Hall–Kier alpha value is -3.61. The number of nitrogens with zero attached hydrogens (tertiary/aromatic N) is 3. The number of benzene rings is 2. The summed E-state index contributed by atoms with van der Waals surface area (Å²) in [7, 11) is 1.60. The maximum atomic E-state index is 13.3. The smallest absolute Gasteiger partial charge is 0.276 e. The van der Waals surface area contributed by atoms with Crippen molar-refractivity contribution in [1.82, 2.24) is 15.0 Å². The summed E-state index contributed by atoms with van der Waals surface area (Å²) < 4.78 is 10.7. The molecule has 2 aromatic carbocycles. The van der Waals surface area contributed by atoms with Gasteiger partial charge in [-0.15, -0.1) is 0 Å². The SMILES string of the molecule is COc1cccc(-c2cc(C(=O)N(CCC(=O)N3CCc4ccccc4C3)CC(C)C)no2)c1. The van der Waals surface area contributed by atoms with Gasteiger partial charge in [0, 0.05) is 44.2 Å². The summed E-state index contributed by atoms with van der Waals surface area (Å²) in [5.74, 6) is 1.28. The Bertz CT molecular complexity index is 1150. The number of carbonyl (C=O) groups is 2. The largest absolute Gasteiger partial charge is 0.497 e. The molecule has 7 heteroatoms. The topological polar surface area (TPSA) is 75.9 Å². The molecular weight excluding hydrogens is 430 g/mol. The predicted molar refractivity (Wildman–Crippen MR) is 129 cm³/mol. The third-order valence-corrected chi connectivity index (χ3v) is 6.04. The number of hydrogen-bond acceptors (Lipinski definition) is 5. The van der Waals surface area contributed by atoms with Crippen molar-refractivity contribution in [2.75, 3.05) is 26.7 Å². The van der Waals surface area contributed by atoms with Crippen LogP contribution in [0.1, 0.15) is 41.9 Å². The van der Waals surface area contributed by atoms with E-state index in [1.807, 2.05) is 55.1 Å². The molecule has 34 heavy (non-hydrogen) atoms. The van der Waals surface area contributed by atoms with Crippen molar-refractivity contribution in [2.45, 2.75) is 33.2 Å². The van der Waals surface area contributed by atoms with E-state index in [0.717, 1.165) is 12.0 Å². The van der Waals surface area contributed by atoms with Crippen LogP contribution in [0.15, 0.2) is 59.1 Å². The maximum absolute atomic E-state index is 13.3. The Morgan fingerprint density at radius 2 is 1.91 bits per heavy atom. The van der Waals surface area contributed by atoms with Gasteiger partial charge in [0.15, 0.2) is 11.5 Å². The highest BCUT2D eigenvalue weighted by Gasteiger charge is 2.25. The highest BCUT2D eigenvalue weighted by Crippen LogP contribution is 2.25. The van der Waals surface area contributed by atoms with Crippen molar-refractivity contribution in [2.24, 2.45) is 5.92 Å². The van der Waals surface area contributed by atoms with Crippen LogP contribution in [0.4, 0.5) is 0 Å². The predicted octanol–water partition coefficient (Wildman–Crippen LogP) is 4.42. The molecular formula is C27H31N3O4. The van der Waals surface area contributed by atoms with E-state index in [1.54, 1.807) is 18.1 Å². The van der Waals surface area contributed by atoms with Gasteiger partial charge in [0.25, 0.3) is 5.91 Å². The Labute approximate surface area is 200 Å². The molecule has 3 aromatic rings. The van der Waals surface area contributed by atoms with Crippen molar-refractivity contribution in [3.05, 3.63) is 71.4 Å². The van der Waals surface area contributed by atoms with Crippen molar-refractivity contribution < 1.29 is 18.8 Å². The Kier molecular flexibility index (Phi) is 7.30. The average molecular weight is 462 g/mol. The Morgan fingerprint density at radius 3 is 2.68 bits per heavy atom. The third kappa shape index (κ3) is 5.47. The summed E-state index contributed by atoms with van der Waals surface area (Å²) in [4.78, 5) is 29.8. The molecule has 1 aliphatic rings. The second-order valence-corrected chi connectivity index (χ2v) is 9.04. The van der Waals surface area contributed by atoms with Crippen LogP contribution in [0.3, 0.4) is 0 Å². The fourth-order valence-corrected chi connectivity index (χ4v) is 4.26. The molecule has 1 aliphatic heterocycles. The van der Waals surface area contributed by atoms with Crippen molar-refractivity contribution >= 4 is 11.8 Å². The van der Waals surface area contributed by atoms with Crippen LogP contribution < -0.4 is 4.74 Å². The van der Waals surface area contributed by atoms with E-state index in [1.165, 1.54) is 11.1 Å². The summed E-state index contributed by atoms with van der Waals surface area (Å²) in [6, 6.07) is 17.3. The van der Waals surface area contributed by atoms with E-state index in [0.29, 0.717) is 37.7 Å². The number of carbonyl (C=O) groups excluding carboxylic acids is 2. The van der Waals surface area contributed by atoms with E-state index in [2.05, 4.69) is 17.3 Å². The quantitative estimate of drug-likeness (QED) is 0.496. The van der Waals surface area contributed by atoms with Gasteiger partial charge in [0.05, 0.1) is 7.11 Å². The summed E-state index contributed by atoms with van der Waals surface area (Å²) in [6.45, 7) is 6.31. The summed E-state index contributed by atoms with van der Waals surface area (Å²) >= 11 is 0. The molecule has 0 fully saturated rings. The van der Waals surface area contributed by atoms with Gasteiger partial charge in [0.2, 0.25) is 5.91 Å². The lowest BCUT2D eigenvalue weighted by atomic mass is 10.00. The van der Waals surface area contributed by atoms with Crippen LogP contribution >= 0.6 is 0 Å². The molecule has 0 unspecified atom stereocenters. The fourth-order valence-electron chi connectivity index (χ4n) is 4.26. The molecule has 178 valence electrons. The fraction of sp³-hybridized carbons (Fsp3) is 0.370. The first-order valence-electron chi connectivity index (χ1n) is 11.7. The molecule has 7 nitrogen and oxygen atoms in total. The summed E-state index contributed by atoms with van der Waals surface area (Å²) in [5, 5.41) is 4.02. The van der Waals surface area contributed by atoms with E-state index in [-0.39, 0.29) is 29.8 Å². The highest BCUT2D eigenvalue weighted by atomic mass is 16.5. The van der Waals surface area contributed by atoms with Gasteiger partial charge in [-0.1, -0.05) is 55.4 Å². The molecule has 0 atom stereocenters. The lowest BCUT2D eigenvalue weighted by molar-refractivity contribution is -0.132. The van der Waals surface area contributed by atoms with Crippen LogP contribution in [0, 0.1) is 5.92 Å². The molecule has 0 saturated heterocycles. The second-order valence-electron chi connectivity index (χ2n) is 9.04. The molecule has 0 N–H and O–H groups in total. The van der Waals surface area contributed by atoms with Gasteiger partial charge < -0.3 is 19.1 Å². The number of hydrogen-bond donors (Lipinski definition) is 0. The van der Waals surface area contributed by atoms with E-state index in [4.69, 9.17) is 9.26 Å². The van der Waals surface area contributed by atoms with Gasteiger partial charge >= 0.3 is 0 Å². The minimum Gasteiger partial charge on any atom is -0.497 e. The number of ether oxygens (including phenoxy) is 1. The van der Waals surface area contributed by atoms with Crippen molar-refractivity contribution in [1.29, 1.82) is 0 Å². The zero-order chi connectivity index (χ0) is 24.1. The molecule has 0 radical (unpaired) electrons. The average Bonchev–Trinajstić information content (AvgIpc) is 3.36. The van der Waals surface area contributed by atoms with E-state index < -0.39 is 0 Å².